The van der Waals surface area contributed by atoms with Crippen LogP contribution in [0.5, 0.6) is 0 Å². The fourth-order valence-electron chi connectivity index (χ4n) is 0.664. The summed E-state index contributed by atoms with van der Waals surface area (Å²) >= 11 is 5.53. The van der Waals surface area contributed by atoms with Gasteiger partial charge in [-0.05, 0) is 41.2 Å². The zero-order chi connectivity index (χ0) is 14.6. The second-order valence-corrected chi connectivity index (χ2v) is 11.1. The highest BCUT2D eigenvalue weighted by Gasteiger charge is 2.21. The summed E-state index contributed by atoms with van der Waals surface area (Å²) in [6.45, 7) is 6.86. The van der Waals surface area contributed by atoms with Crippen molar-refractivity contribution >= 4 is 27.4 Å². The van der Waals surface area contributed by atoms with Crippen LogP contribution in [0.1, 0.15) is 26.3 Å². The van der Waals surface area contributed by atoms with Gasteiger partial charge in [-0.25, -0.2) is 15.0 Å². The molecule has 1 heterocycles. The van der Waals surface area contributed by atoms with E-state index in [9.17, 15) is 0 Å². The molecule has 0 aliphatic rings. The maximum Gasteiger partial charge on any atom is 0.131 e. The van der Waals surface area contributed by atoms with Crippen molar-refractivity contribution in [3.05, 3.63) is 22.8 Å². The Morgan fingerprint density at radius 2 is 1.72 bits per heavy atom. The predicted molar refractivity (Wildman–Crippen MR) is 84.7 cm³/mol. The molecule has 0 unspecified atom stereocenters. The summed E-state index contributed by atoms with van der Waals surface area (Å²) < 4.78 is 0.521. The van der Waals surface area contributed by atoms with Crippen molar-refractivity contribution in [2.45, 2.75) is 32.1 Å². The molecule has 0 amide bonds. The molecule has 18 heavy (non-hydrogen) atoms. The van der Waals surface area contributed by atoms with Crippen LogP contribution in [-0.2, 0) is 6.61 Å². The van der Waals surface area contributed by atoms with Gasteiger partial charge in [-0.15, -0.1) is 0 Å². The summed E-state index contributed by atoms with van der Waals surface area (Å²) in [6, 6.07) is 3.14. The second kappa shape index (κ2) is 6.64. The quantitative estimate of drug-likeness (QED) is 0.781. The van der Waals surface area contributed by atoms with Crippen LogP contribution in [-0.4, -0.2) is 33.6 Å². The number of halogens is 1. The van der Waals surface area contributed by atoms with Crippen LogP contribution < -0.4 is 5.73 Å². The van der Waals surface area contributed by atoms with E-state index in [1.807, 2.05) is 0 Å². The number of hydrogen-bond acceptors (Lipinski definition) is 3. The molecule has 3 N–H and O–H groups in total. The Kier molecular flexibility index (Phi) is 6.47. The molecular formula is C13H25ClN2OS. The Hall–Kier alpha value is -0.450. The fourth-order valence-corrected chi connectivity index (χ4v) is 0.902. The van der Waals surface area contributed by atoms with Crippen molar-refractivity contribution in [1.29, 1.82) is 0 Å². The highest BCUT2D eigenvalue weighted by Crippen LogP contribution is 2.48. The number of anilines is 1. The monoisotopic (exact) mass is 292 g/mol. The number of aromatic nitrogens is 1. The lowest BCUT2D eigenvalue weighted by molar-refractivity contribution is 0.282. The zero-order valence-electron chi connectivity index (χ0n) is 12.1. The van der Waals surface area contributed by atoms with E-state index < -0.39 is 0 Å². The number of rotatable bonds is 1. The van der Waals surface area contributed by atoms with Crippen LogP contribution in [0.2, 0.25) is 5.15 Å². The van der Waals surface area contributed by atoms with Gasteiger partial charge in [-0.1, -0.05) is 32.4 Å². The van der Waals surface area contributed by atoms with E-state index in [4.69, 9.17) is 22.4 Å². The van der Waals surface area contributed by atoms with Crippen molar-refractivity contribution in [2.24, 2.45) is 0 Å². The van der Waals surface area contributed by atoms with Gasteiger partial charge in [0.25, 0.3) is 0 Å². The van der Waals surface area contributed by atoms with Crippen molar-refractivity contribution in [3.63, 3.8) is 0 Å². The Labute approximate surface area is 117 Å². The van der Waals surface area contributed by atoms with Crippen molar-refractivity contribution in [3.8, 4) is 0 Å². The van der Waals surface area contributed by atoms with Crippen LogP contribution in [0.4, 0.5) is 5.82 Å². The molecule has 0 bridgehead atoms. The van der Waals surface area contributed by atoms with E-state index in [-0.39, 0.29) is 16.6 Å². The first-order chi connectivity index (χ1) is 7.97. The standard InChI is InChI=1S/C7H18S.C6H7ClN2O/c1-7(2,3)8(4,5)6;7-5-1-4(3-10)2-6(8)9-5/h1-6H3;1-2,10H,3H2,(H2,8,9). The molecule has 0 radical (unpaired) electrons. The van der Waals surface area contributed by atoms with Gasteiger partial charge in [0.15, 0.2) is 0 Å². The van der Waals surface area contributed by atoms with Gasteiger partial charge in [-0.3, -0.25) is 0 Å². The minimum Gasteiger partial charge on any atom is -0.392 e. The fraction of sp³-hybridized carbons (Fsp3) is 0.615. The third kappa shape index (κ3) is 6.47. The molecule has 0 spiro atoms. The third-order valence-corrected chi connectivity index (χ3v) is 6.76. The molecule has 3 nitrogen and oxygen atoms in total. The highest BCUT2D eigenvalue weighted by atomic mass is 35.5. The van der Waals surface area contributed by atoms with Gasteiger partial charge in [0.1, 0.15) is 11.0 Å². The van der Waals surface area contributed by atoms with Gasteiger partial charge >= 0.3 is 0 Å². The summed E-state index contributed by atoms with van der Waals surface area (Å²) in [6.07, 6.45) is 7.06. The molecule has 1 rings (SSSR count). The SMILES string of the molecule is CC(C)(C)S(C)(C)C.Nc1cc(CO)cc(Cl)n1. The number of nitrogens with two attached hydrogens (primary N) is 1. The van der Waals surface area contributed by atoms with E-state index >= 15 is 0 Å². The Balaban J connectivity index is 0.000000331. The van der Waals surface area contributed by atoms with E-state index in [2.05, 4.69) is 44.5 Å². The minimum absolute atomic E-state index is 0.0631. The molecule has 0 aliphatic heterocycles. The minimum atomic E-state index is -0.340. The molecule has 106 valence electrons. The summed E-state index contributed by atoms with van der Waals surface area (Å²) in [5.41, 5.74) is 6.01. The lowest BCUT2D eigenvalue weighted by atomic mass is 10.3. The predicted octanol–water partition coefficient (Wildman–Crippen LogP) is 3.29. The normalized spacial score (nSPS) is 12.7. The summed E-state index contributed by atoms with van der Waals surface area (Å²) in [5, 5.41) is 8.95. The van der Waals surface area contributed by atoms with Gasteiger partial charge in [0, 0.05) is 0 Å². The topological polar surface area (TPSA) is 59.1 Å². The Morgan fingerprint density at radius 1 is 1.28 bits per heavy atom. The molecule has 0 aromatic carbocycles. The first kappa shape index (κ1) is 17.6. The van der Waals surface area contributed by atoms with Crippen LogP contribution in [0, 0.1) is 0 Å². The smallest absolute Gasteiger partial charge is 0.131 e. The maximum absolute atomic E-state index is 8.64. The lowest BCUT2D eigenvalue weighted by Gasteiger charge is -2.40. The van der Waals surface area contributed by atoms with Gasteiger partial charge in [0.2, 0.25) is 0 Å². The highest BCUT2D eigenvalue weighted by molar-refractivity contribution is 8.33. The molecule has 1 aromatic rings. The van der Waals surface area contributed by atoms with Gasteiger partial charge < -0.3 is 10.8 Å². The summed E-state index contributed by atoms with van der Waals surface area (Å²) in [4.78, 5) is 3.71. The molecule has 0 saturated heterocycles. The molecule has 0 aliphatic carbocycles. The summed E-state index contributed by atoms with van der Waals surface area (Å²) in [5.74, 6) is 0.330. The van der Waals surface area contributed by atoms with E-state index in [0.717, 1.165) is 0 Å². The van der Waals surface area contributed by atoms with Crippen LogP contribution >= 0.6 is 21.6 Å². The summed E-state index contributed by atoms with van der Waals surface area (Å²) in [7, 11) is -0.340. The molecule has 1 aromatic heterocycles. The number of nitrogen functional groups attached to an aromatic ring is 1. The average molecular weight is 293 g/mol. The van der Waals surface area contributed by atoms with Crippen molar-refractivity contribution < 1.29 is 5.11 Å². The number of hydrogen-bond donors (Lipinski definition) is 2. The first-order valence-corrected chi connectivity index (χ1v) is 8.91. The third-order valence-electron chi connectivity index (χ3n) is 2.89. The van der Waals surface area contributed by atoms with Crippen LogP contribution in [0.15, 0.2) is 12.1 Å². The number of pyridine rings is 1. The van der Waals surface area contributed by atoms with E-state index in [1.165, 1.54) is 0 Å². The average Bonchev–Trinajstić information content (AvgIpc) is 2.13. The number of nitrogens with zero attached hydrogens (tertiary/aromatic N) is 1. The Bertz CT molecular complexity index is 351. The van der Waals surface area contributed by atoms with E-state index in [1.54, 1.807) is 12.1 Å². The van der Waals surface area contributed by atoms with Crippen molar-refractivity contribution in [2.75, 3.05) is 24.5 Å². The molecule has 0 atom stereocenters. The largest absolute Gasteiger partial charge is 0.392 e. The maximum atomic E-state index is 8.64. The van der Waals surface area contributed by atoms with Gasteiger partial charge in [-0.2, -0.15) is 0 Å². The molecular weight excluding hydrogens is 268 g/mol. The number of aliphatic hydroxyl groups is 1. The van der Waals surface area contributed by atoms with Crippen LogP contribution in [0.3, 0.4) is 0 Å². The Morgan fingerprint density at radius 3 is 2.00 bits per heavy atom. The van der Waals surface area contributed by atoms with E-state index in [0.29, 0.717) is 21.3 Å². The van der Waals surface area contributed by atoms with Gasteiger partial charge in [0.05, 0.1) is 6.61 Å². The zero-order valence-corrected chi connectivity index (χ0v) is 13.7. The molecule has 0 fully saturated rings. The molecule has 5 heteroatoms. The van der Waals surface area contributed by atoms with Crippen molar-refractivity contribution in [1.82, 2.24) is 4.98 Å². The number of aliphatic hydroxyl groups excluding tert-OH is 1. The van der Waals surface area contributed by atoms with Crippen LogP contribution in [0.25, 0.3) is 0 Å². The first-order valence-electron chi connectivity index (χ1n) is 5.68. The lowest BCUT2D eigenvalue weighted by Crippen LogP contribution is -2.21. The second-order valence-electron chi connectivity index (χ2n) is 5.83. The molecule has 0 saturated carbocycles.